The van der Waals surface area contributed by atoms with Crippen LogP contribution in [0.2, 0.25) is 5.04 Å². The van der Waals surface area contributed by atoms with Gasteiger partial charge in [0.05, 0.1) is 18.1 Å². The molecule has 4 atom stereocenters. The smallest absolute Gasteiger partial charge is 0.312 e. The maximum absolute atomic E-state index is 12.3. The molecule has 0 bridgehead atoms. The van der Waals surface area contributed by atoms with Gasteiger partial charge in [0.1, 0.15) is 6.10 Å². The first-order valence-electron chi connectivity index (χ1n) is 10.9. The Bertz CT molecular complexity index is 790. The van der Waals surface area contributed by atoms with Gasteiger partial charge < -0.3 is 14.3 Å². The molecule has 0 amide bonds. The Hall–Kier alpha value is -1.95. The largest absolute Gasteiger partial charge is 0.459 e. The number of benzene rings is 2. The second-order valence-corrected chi connectivity index (χ2v) is 13.5. The first kappa shape index (κ1) is 22.7. The first-order chi connectivity index (χ1) is 14.2. The highest BCUT2D eigenvalue weighted by Gasteiger charge is 2.53. The van der Waals surface area contributed by atoms with Crippen molar-refractivity contribution in [2.24, 2.45) is 5.92 Å². The zero-order chi connectivity index (χ0) is 21.9. The van der Waals surface area contributed by atoms with Crippen molar-refractivity contribution in [3.05, 3.63) is 60.7 Å². The molecule has 1 N–H and O–H groups in total. The number of cyclic esters (lactones) is 1. The van der Waals surface area contributed by atoms with E-state index < -0.39 is 20.3 Å². The van der Waals surface area contributed by atoms with Gasteiger partial charge in [0.15, 0.2) is 0 Å². The zero-order valence-corrected chi connectivity index (χ0v) is 19.7. The lowest BCUT2D eigenvalue weighted by molar-refractivity contribution is -0.149. The van der Waals surface area contributed by atoms with Gasteiger partial charge in [-0.2, -0.15) is 0 Å². The number of aliphatic hydroxyl groups excluding tert-OH is 1. The number of rotatable bonds is 7. The third-order valence-corrected chi connectivity index (χ3v) is 11.3. The Kier molecular flexibility index (Phi) is 6.85. The van der Waals surface area contributed by atoms with Crippen molar-refractivity contribution in [2.75, 3.05) is 0 Å². The Balaban J connectivity index is 2.08. The van der Waals surface area contributed by atoms with Crippen LogP contribution in [0.15, 0.2) is 60.7 Å². The van der Waals surface area contributed by atoms with Gasteiger partial charge in [0.25, 0.3) is 8.32 Å². The quantitative estimate of drug-likeness (QED) is 0.542. The van der Waals surface area contributed by atoms with Crippen molar-refractivity contribution in [1.82, 2.24) is 0 Å². The molecule has 162 valence electrons. The number of hydrogen-bond donors (Lipinski definition) is 1. The molecule has 2 aromatic carbocycles. The minimum absolute atomic E-state index is 0.143. The molecule has 1 heterocycles. The van der Waals surface area contributed by atoms with Crippen molar-refractivity contribution in [3.63, 3.8) is 0 Å². The molecule has 2 aromatic rings. The Morgan fingerprint density at radius 1 is 1.07 bits per heavy atom. The molecule has 0 aliphatic carbocycles. The van der Waals surface area contributed by atoms with Crippen LogP contribution in [0.25, 0.3) is 0 Å². The van der Waals surface area contributed by atoms with Gasteiger partial charge in [-0.1, -0.05) is 88.4 Å². The summed E-state index contributed by atoms with van der Waals surface area (Å²) in [7, 11) is -2.73. The standard InChI is InChI=1S/C25H34O4Si/c1-6-22(23-17-21(18(2)26)24(27)28-23)29-30(25(3,4)5,19-13-9-7-10-14-19)20-15-11-8-12-16-20/h7-16,18,21-23,26H,6,17H2,1-5H3/t18-,21-,22-,23-/m0/s1. The van der Waals surface area contributed by atoms with Crippen LogP contribution in [0.3, 0.4) is 0 Å². The SMILES string of the molecule is CC[C@H](O[Si](c1ccccc1)(c1ccccc1)C(C)(C)C)[C@@H]1C[C@@H]([C@H](C)O)C(=O)O1. The maximum Gasteiger partial charge on any atom is 0.312 e. The molecule has 1 fully saturated rings. The van der Waals surface area contributed by atoms with Crippen molar-refractivity contribution >= 4 is 24.7 Å². The lowest BCUT2D eigenvalue weighted by Gasteiger charge is -2.45. The van der Waals surface area contributed by atoms with Gasteiger partial charge in [-0.3, -0.25) is 4.79 Å². The number of ether oxygens (including phenoxy) is 1. The molecule has 4 nitrogen and oxygen atoms in total. The molecule has 0 aromatic heterocycles. The molecule has 0 spiro atoms. The van der Waals surface area contributed by atoms with Gasteiger partial charge in [-0.05, 0) is 28.8 Å². The number of carbonyl (C=O) groups is 1. The molecular formula is C25H34O4Si. The molecule has 30 heavy (non-hydrogen) atoms. The molecule has 0 unspecified atom stereocenters. The number of aliphatic hydroxyl groups is 1. The van der Waals surface area contributed by atoms with E-state index in [4.69, 9.17) is 9.16 Å². The van der Waals surface area contributed by atoms with Gasteiger partial charge in [0.2, 0.25) is 0 Å². The third-order valence-electron chi connectivity index (χ3n) is 6.20. The van der Waals surface area contributed by atoms with Gasteiger partial charge in [0, 0.05) is 6.42 Å². The van der Waals surface area contributed by atoms with Crippen LogP contribution >= 0.6 is 0 Å². The van der Waals surface area contributed by atoms with Crippen LogP contribution in [0.1, 0.15) is 47.5 Å². The Morgan fingerprint density at radius 3 is 1.93 bits per heavy atom. The van der Waals surface area contributed by atoms with Crippen molar-refractivity contribution in [1.29, 1.82) is 0 Å². The van der Waals surface area contributed by atoms with E-state index in [9.17, 15) is 9.90 Å². The van der Waals surface area contributed by atoms with E-state index in [1.54, 1.807) is 6.92 Å². The summed E-state index contributed by atoms with van der Waals surface area (Å²) >= 11 is 0. The average Bonchev–Trinajstić information content (AvgIpc) is 3.11. The minimum atomic E-state index is -2.73. The highest BCUT2D eigenvalue weighted by molar-refractivity contribution is 6.99. The third kappa shape index (κ3) is 4.24. The Morgan fingerprint density at radius 2 is 1.57 bits per heavy atom. The molecule has 1 aliphatic heterocycles. The van der Waals surface area contributed by atoms with E-state index in [0.29, 0.717) is 6.42 Å². The van der Waals surface area contributed by atoms with Gasteiger partial charge in [-0.25, -0.2) is 0 Å². The predicted octanol–water partition coefficient (Wildman–Crippen LogP) is 3.65. The molecule has 0 radical (unpaired) electrons. The minimum Gasteiger partial charge on any atom is -0.459 e. The summed E-state index contributed by atoms with van der Waals surface area (Å²) in [6.07, 6.45) is -0.0667. The molecule has 1 saturated heterocycles. The average molecular weight is 427 g/mol. The normalized spacial score (nSPS) is 21.9. The molecule has 3 rings (SSSR count). The van der Waals surface area contributed by atoms with Crippen LogP contribution < -0.4 is 10.4 Å². The number of carbonyl (C=O) groups excluding carboxylic acids is 1. The van der Waals surface area contributed by atoms with Crippen molar-refractivity contribution in [3.8, 4) is 0 Å². The fraction of sp³-hybridized carbons (Fsp3) is 0.480. The summed E-state index contributed by atoms with van der Waals surface area (Å²) < 4.78 is 12.9. The van der Waals surface area contributed by atoms with Crippen molar-refractivity contribution < 1.29 is 19.1 Å². The summed E-state index contributed by atoms with van der Waals surface area (Å²) in [4.78, 5) is 12.3. The number of esters is 1. The second kappa shape index (κ2) is 9.04. The van der Waals surface area contributed by atoms with Crippen LogP contribution in [-0.4, -0.2) is 37.7 Å². The molecule has 5 heteroatoms. The lowest BCUT2D eigenvalue weighted by atomic mass is 9.97. The van der Waals surface area contributed by atoms with E-state index in [1.165, 1.54) is 10.4 Å². The first-order valence-corrected chi connectivity index (χ1v) is 12.8. The highest BCUT2D eigenvalue weighted by atomic mass is 28.4. The molecule has 0 saturated carbocycles. The van der Waals surface area contributed by atoms with Crippen molar-refractivity contribution in [2.45, 2.75) is 70.8 Å². The lowest BCUT2D eigenvalue weighted by Crippen LogP contribution is -2.68. The second-order valence-electron chi connectivity index (χ2n) is 9.29. The summed E-state index contributed by atoms with van der Waals surface area (Å²) in [6.45, 7) is 10.5. The molecule has 1 aliphatic rings. The topological polar surface area (TPSA) is 55.8 Å². The monoisotopic (exact) mass is 426 g/mol. The fourth-order valence-electron chi connectivity index (χ4n) is 4.59. The van der Waals surface area contributed by atoms with Crippen LogP contribution in [0.4, 0.5) is 0 Å². The van der Waals surface area contributed by atoms with E-state index in [2.05, 4.69) is 76.2 Å². The Labute approximate surface area is 181 Å². The molecular weight excluding hydrogens is 392 g/mol. The fourth-order valence-corrected chi connectivity index (χ4v) is 9.38. The zero-order valence-electron chi connectivity index (χ0n) is 18.7. The summed E-state index contributed by atoms with van der Waals surface area (Å²) in [5.41, 5.74) is 0. The van der Waals surface area contributed by atoms with E-state index in [-0.39, 0.29) is 23.2 Å². The maximum atomic E-state index is 12.3. The predicted molar refractivity (Wildman–Crippen MR) is 122 cm³/mol. The van der Waals surface area contributed by atoms with E-state index in [0.717, 1.165) is 6.42 Å². The van der Waals surface area contributed by atoms with Gasteiger partial charge >= 0.3 is 5.97 Å². The van der Waals surface area contributed by atoms with E-state index >= 15 is 0 Å². The van der Waals surface area contributed by atoms with Crippen LogP contribution in [0, 0.1) is 5.92 Å². The van der Waals surface area contributed by atoms with E-state index in [1.807, 2.05) is 12.1 Å². The van der Waals surface area contributed by atoms with Crippen LogP contribution in [-0.2, 0) is 14.0 Å². The highest BCUT2D eigenvalue weighted by Crippen LogP contribution is 2.39. The summed E-state index contributed by atoms with van der Waals surface area (Å²) in [5, 5.41) is 12.3. The van der Waals surface area contributed by atoms with Gasteiger partial charge in [-0.15, -0.1) is 0 Å². The number of hydrogen-bond acceptors (Lipinski definition) is 4. The summed E-state index contributed by atoms with van der Waals surface area (Å²) in [5.74, 6) is -0.800. The van der Waals surface area contributed by atoms with Crippen LogP contribution in [0.5, 0.6) is 0 Å². The summed E-state index contributed by atoms with van der Waals surface area (Å²) in [6, 6.07) is 21.0.